The minimum atomic E-state index is -0.720. The van der Waals surface area contributed by atoms with Crippen LogP contribution < -0.4 is 10.6 Å². The lowest BCUT2D eigenvalue weighted by Crippen LogP contribution is -2.38. The van der Waals surface area contributed by atoms with Gasteiger partial charge >= 0.3 is 0 Å². The second kappa shape index (κ2) is 5.71. The van der Waals surface area contributed by atoms with Gasteiger partial charge in [0, 0.05) is 51.1 Å². The van der Waals surface area contributed by atoms with Gasteiger partial charge in [-0.2, -0.15) is 0 Å². The molecule has 2 rings (SSSR count). The molecule has 0 atom stereocenters. The van der Waals surface area contributed by atoms with Crippen LogP contribution in [0.2, 0.25) is 0 Å². The van der Waals surface area contributed by atoms with E-state index in [-0.39, 0.29) is 5.84 Å². The summed E-state index contributed by atoms with van der Waals surface area (Å²) in [4.78, 5) is 2.11. The van der Waals surface area contributed by atoms with Gasteiger partial charge < -0.3 is 15.8 Å². The van der Waals surface area contributed by atoms with E-state index in [0.29, 0.717) is 17.1 Å². The lowest BCUT2D eigenvalue weighted by molar-refractivity contribution is 0.318. The number of oxime groups is 1. The van der Waals surface area contributed by atoms with Crippen molar-refractivity contribution in [2.75, 3.05) is 29.5 Å². The zero-order valence-corrected chi connectivity index (χ0v) is 12.1. The Labute approximate surface area is 116 Å². The van der Waals surface area contributed by atoms with Crippen LogP contribution in [0.15, 0.2) is 27.8 Å². The molecule has 0 amide bonds. The summed E-state index contributed by atoms with van der Waals surface area (Å²) >= 11 is 3.37. The van der Waals surface area contributed by atoms with Crippen LogP contribution in [-0.2, 0) is 10.8 Å². The Kier molecular flexibility index (Phi) is 4.23. The summed E-state index contributed by atoms with van der Waals surface area (Å²) in [7, 11) is -0.720. The van der Waals surface area contributed by atoms with Crippen LogP contribution in [0.1, 0.15) is 5.56 Å². The predicted octanol–water partition coefficient (Wildman–Crippen LogP) is 1.11. The zero-order valence-electron chi connectivity index (χ0n) is 9.67. The first-order valence-corrected chi connectivity index (χ1v) is 7.77. The standard InChI is InChI=1S/C11H14BrN3O2S/c12-8-1-2-10(9(7-8)11(13)14-16)15-3-5-18(17)6-4-15/h1-2,7,16H,3-6H2,(H2,13,14). The molecule has 5 nitrogen and oxygen atoms in total. The van der Waals surface area contributed by atoms with Crippen LogP contribution in [0.25, 0.3) is 0 Å². The van der Waals surface area contributed by atoms with Crippen molar-refractivity contribution < 1.29 is 9.42 Å². The number of amidine groups is 1. The van der Waals surface area contributed by atoms with Gasteiger partial charge in [-0.3, -0.25) is 4.21 Å². The highest BCUT2D eigenvalue weighted by Gasteiger charge is 2.19. The Morgan fingerprint density at radius 3 is 2.72 bits per heavy atom. The van der Waals surface area contributed by atoms with Gasteiger partial charge in [-0.05, 0) is 18.2 Å². The summed E-state index contributed by atoms with van der Waals surface area (Å²) in [6.45, 7) is 1.44. The fourth-order valence-electron chi connectivity index (χ4n) is 1.92. The largest absolute Gasteiger partial charge is 0.409 e. The molecule has 0 aliphatic carbocycles. The SMILES string of the molecule is N/C(=N/O)c1cc(Br)ccc1N1CCS(=O)CC1. The van der Waals surface area contributed by atoms with Gasteiger partial charge in [-0.15, -0.1) is 0 Å². The maximum atomic E-state index is 11.4. The molecule has 18 heavy (non-hydrogen) atoms. The fourth-order valence-corrected chi connectivity index (χ4v) is 3.34. The maximum Gasteiger partial charge on any atom is 0.172 e. The molecule has 1 fully saturated rings. The van der Waals surface area contributed by atoms with E-state index in [0.717, 1.165) is 23.2 Å². The molecule has 7 heteroatoms. The van der Waals surface area contributed by atoms with E-state index >= 15 is 0 Å². The normalized spacial score (nSPS) is 18.1. The van der Waals surface area contributed by atoms with E-state index in [1.807, 2.05) is 18.2 Å². The van der Waals surface area contributed by atoms with Crippen molar-refractivity contribution in [1.82, 2.24) is 0 Å². The highest BCUT2D eigenvalue weighted by atomic mass is 79.9. The van der Waals surface area contributed by atoms with Crippen molar-refractivity contribution in [2.24, 2.45) is 10.9 Å². The molecule has 1 saturated heterocycles. The topological polar surface area (TPSA) is 78.9 Å². The van der Waals surface area contributed by atoms with Crippen molar-refractivity contribution in [1.29, 1.82) is 0 Å². The van der Waals surface area contributed by atoms with E-state index in [9.17, 15) is 4.21 Å². The first-order chi connectivity index (χ1) is 8.61. The van der Waals surface area contributed by atoms with Crippen LogP contribution in [0.5, 0.6) is 0 Å². The monoisotopic (exact) mass is 331 g/mol. The van der Waals surface area contributed by atoms with Crippen LogP contribution in [-0.4, -0.2) is 39.8 Å². The molecule has 0 spiro atoms. The summed E-state index contributed by atoms with van der Waals surface area (Å²) in [5, 5.41) is 11.9. The predicted molar refractivity (Wildman–Crippen MR) is 76.7 cm³/mol. The molecule has 1 heterocycles. The van der Waals surface area contributed by atoms with Gasteiger partial charge in [-0.25, -0.2) is 0 Å². The van der Waals surface area contributed by atoms with Crippen LogP contribution >= 0.6 is 15.9 Å². The second-order valence-corrected chi connectivity index (χ2v) is 6.59. The fraction of sp³-hybridized carbons (Fsp3) is 0.364. The summed E-state index contributed by atoms with van der Waals surface area (Å²) in [5.74, 6) is 1.40. The second-order valence-electron chi connectivity index (χ2n) is 3.98. The van der Waals surface area contributed by atoms with E-state index in [1.54, 1.807) is 0 Å². The molecular formula is C11H14BrN3O2S. The average Bonchev–Trinajstić information content (AvgIpc) is 2.39. The molecule has 1 aromatic rings. The maximum absolute atomic E-state index is 11.4. The first-order valence-electron chi connectivity index (χ1n) is 5.49. The minimum absolute atomic E-state index is 0.0815. The molecular weight excluding hydrogens is 318 g/mol. The molecule has 0 aromatic heterocycles. The van der Waals surface area contributed by atoms with E-state index in [1.165, 1.54) is 0 Å². The van der Waals surface area contributed by atoms with Crippen molar-refractivity contribution >= 4 is 38.3 Å². The smallest absolute Gasteiger partial charge is 0.172 e. The van der Waals surface area contributed by atoms with Gasteiger partial charge in [-0.1, -0.05) is 21.1 Å². The molecule has 1 aliphatic rings. The van der Waals surface area contributed by atoms with Crippen molar-refractivity contribution in [2.45, 2.75) is 0 Å². The molecule has 1 aromatic carbocycles. The van der Waals surface area contributed by atoms with Crippen molar-refractivity contribution in [3.05, 3.63) is 28.2 Å². The molecule has 0 bridgehead atoms. The molecule has 98 valence electrons. The van der Waals surface area contributed by atoms with Crippen LogP contribution in [0.4, 0.5) is 5.69 Å². The summed E-state index contributed by atoms with van der Waals surface area (Å²) in [6.07, 6.45) is 0. The van der Waals surface area contributed by atoms with Crippen molar-refractivity contribution in [3.63, 3.8) is 0 Å². The molecule has 0 saturated carbocycles. The van der Waals surface area contributed by atoms with Gasteiger partial charge in [0.2, 0.25) is 0 Å². The number of nitrogens with two attached hydrogens (primary N) is 1. The third kappa shape index (κ3) is 2.84. The number of halogens is 1. The van der Waals surface area contributed by atoms with Crippen LogP contribution in [0.3, 0.4) is 0 Å². The summed E-state index contributed by atoms with van der Waals surface area (Å²) in [6, 6.07) is 5.65. The molecule has 0 radical (unpaired) electrons. The number of benzene rings is 1. The summed E-state index contributed by atoms with van der Waals surface area (Å²) < 4.78 is 12.2. The Hall–Kier alpha value is -1.08. The van der Waals surface area contributed by atoms with Crippen molar-refractivity contribution in [3.8, 4) is 0 Å². The summed E-state index contributed by atoms with van der Waals surface area (Å²) in [5.41, 5.74) is 7.28. The molecule has 0 unspecified atom stereocenters. The number of rotatable bonds is 2. The van der Waals surface area contributed by atoms with E-state index < -0.39 is 10.8 Å². The molecule has 3 N–H and O–H groups in total. The average molecular weight is 332 g/mol. The van der Waals surface area contributed by atoms with Crippen LogP contribution in [0, 0.1) is 0 Å². The highest BCUT2D eigenvalue weighted by molar-refractivity contribution is 9.10. The van der Waals surface area contributed by atoms with E-state index in [4.69, 9.17) is 10.9 Å². The third-order valence-corrected chi connectivity index (χ3v) is 4.63. The lowest BCUT2D eigenvalue weighted by atomic mass is 10.1. The lowest BCUT2D eigenvalue weighted by Gasteiger charge is -2.30. The Morgan fingerprint density at radius 1 is 1.44 bits per heavy atom. The quantitative estimate of drug-likeness (QED) is 0.368. The zero-order chi connectivity index (χ0) is 13.1. The number of anilines is 1. The number of nitrogens with zero attached hydrogens (tertiary/aromatic N) is 2. The van der Waals surface area contributed by atoms with E-state index in [2.05, 4.69) is 26.0 Å². The van der Waals surface area contributed by atoms with Gasteiger partial charge in [0.25, 0.3) is 0 Å². The Morgan fingerprint density at radius 2 is 2.11 bits per heavy atom. The molecule has 1 aliphatic heterocycles. The third-order valence-electron chi connectivity index (χ3n) is 2.86. The Balaban J connectivity index is 2.35. The first kappa shape index (κ1) is 13.4. The highest BCUT2D eigenvalue weighted by Crippen LogP contribution is 2.25. The van der Waals surface area contributed by atoms with Gasteiger partial charge in [0.15, 0.2) is 5.84 Å². The number of hydrogen-bond acceptors (Lipinski definition) is 4. The minimum Gasteiger partial charge on any atom is -0.409 e. The van der Waals surface area contributed by atoms with Gasteiger partial charge in [0.05, 0.1) is 0 Å². The van der Waals surface area contributed by atoms with Gasteiger partial charge in [0.1, 0.15) is 0 Å². The Bertz CT molecular complexity index is 497. The number of hydrogen-bond donors (Lipinski definition) is 2.